The first-order chi connectivity index (χ1) is 7.71. The standard InChI is InChI=1S/C11H14O5/c1-13-9-5-4-8(6-10(9)14-2)16-7-11(12)15-3/h4-6H,7H2,1-3H3. The van der Waals surface area contributed by atoms with E-state index in [0.717, 1.165) is 0 Å². The van der Waals surface area contributed by atoms with E-state index in [1.54, 1.807) is 25.3 Å². The number of rotatable bonds is 5. The highest BCUT2D eigenvalue weighted by molar-refractivity contribution is 5.70. The normalized spacial score (nSPS) is 9.44. The van der Waals surface area contributed by atoms with Gasteiger partial charge in [-0.05, 0) is 12.1 Å². The molecule has 0 aliphatic heterocycles. The zero-order valence-corrected chi connectivity index (χ0v) is 9.48. The molecule has 88 valence electrons. The quantitative estimate of drug-likeness (QED) is 0.707. The fourth-order valence-corrected chi connectivity index (χ4v) is 1.11. The molecule has 0 aromatic heterocycles. The van der Waals surface area contributed by atoms with E-state index < -0.39 is 5.97 Å². The van der Waals surface area contributed by atoms with Gasteiger partial charge in [0.2, 0.25) is 0 Å². The largest absolute Gasteiger partial charge is 0.493 e. The number of ether oxygens (including phenoxy) is 4. The van der Waals surface area contributed by atoms with Crippen LogP contribution in [0.15, 0.2) is 18.2 Å². The average molecular weight is 226 g/mol. The zero-order valence-electron chi connectivity index (χ0n) is 9.48. The Morgan fingerprint density at radius 3 is 2.38 bits per heavy atom. The van der Waals surface area contributed by atoms with Crippen LogP contribution in [0.5, 0.6) is 17.2 Å². The van der Waals surface area contributed by atoms with Crippen molar-refractivity contribution in [3.05, 3.63) is 18.2 Å². The van der Waals surface area contributed by atoms with Crippen molar-refractivity contribution in [1.82, 2.24) is 0 Å². The molecule has 0 bridgehead atoms. The molecule has 0 atom stereocenters. The molecule has 0 saturated carbocycles. The highest BCUT2D eigenvalue weighted by Crippen LogP contribution is 2.30. The molecule has 0 saturated heterocycles. The summed E-state index contributed by atoms with van der Waals surface area (Å²) in [6.07, 6.45) is 0. The van der Waals surface area contributed by atoms with Crippen molar-refractivity contribution in [3.8, 4) is 17.2 Å². The van der Waals surface area contributed by atoms with E-state index in [9.17, 15) is 4.79 Å². The first kappa shape index (κ1) is 12.2. The molecule has 1 aromatic rings. The van der Waals surface area contributed by atoms with E-state index in [1.165, 1.54) is 14.2 Å². The summed E-state index contributed by atoms with van der Waals surface area (Å²) >= 11 is 0. The first-order valence-corrected chi connectivity index (χ1v) is 4.63. The lowest BCUT2D eigenvalue weighted by molar-refractivity contribution is -0.142. The molecule has 0 aliphatic rings. The van der Waals surface area contributed by atoms with Crippen LogP contribution in [-0.2, 0) is 9.53 Å². The van der Waals surface area contributed by atoms with Crippen LogP contribution in [0.1, 0.15) is 0 Å². The van der Waals surface area contributed by atoms with Gasteiger partial charge in [-0.25, -0.2) is 4.79 Å². The fourth-order valence-electron chi connectivity index (χ4n) is 1.11. The Morgan fingerprint density at radius 1 is 1.12 bits per heavy atom. The van der Waals surface area contributed by atoms with E-state index in [2.05, 4.69) is 4.74 Å². The fraction of sp³-hybridized carbons (Fsp3) is 0.364. The summed E-state index contributed by atoms with van der Waals surface area (Å²) in [7, 11) is 4.38. The summed E-state index contributed by atoms with van der Waals surface area (Å²) in [4.78, 5) is 10.9. The van der Waals surface area contributed by atoms with E-state index in [0.29, 0.717) is 17.2 Å². The molecule has 0 fully saturated rings. The van der Waals surface area contributed by atoms with Gasteiger partial charge in [-0.15, -0.1) is 0 Å². The molecule has 5 nitrogen and oxygen atoms in total. The predicted molar refractivity (Wildman–Crippen MR) is 57.1 cm³/mol. The second-order valence-corrected chi connectivity index (χ2v) is 2.88. The van der Waals surface area contributed by atoms with Crippen molar-refractivity contribution in [2.75, 3.05) is 27.9 Å². The van der Waals surface area contributed by atoms with Gasteiger partial charge in [0.1, 0.15) is 5.75 Å². The molecule has 0 radical (unpaired) electrons. The van der Waals surface area contributed by atoms with Crippen molar-refractivity contribution >= 4 is 5.97 Å². The zero-order chi connectivity index (χ0) is 12.0. The monoisotopic (exact) mass is 226 g/mol. The van der Waals surface area contributed by atoms with Crippen LogP contribution in [0, 0.1) is 0 Å². The topological polar surface area (TPSA) is 54.0 Å². The van der Waals surface area contributed by atoms with Gasteiger partial charge >= 0.3 is 5.97 Å². The van der Waals surface area contributed by atoms with Gasteiger partial charge in [0.25, 0.3) is 0 Å². The van der Waals surface area contributed by atoms with E-state index >= 15 is 0 Å². The van der Waals surface area contributed by atoms with Gasteiger partial charge in [0, 0.05) is 6.07 Å². The van der Waals surface area contributed by atoms with Crippen molar-refractivity contribution in [3.63, 3.8) is 0 Å². The summed E-state index contributed by atoms with van der Waals surface area (Å²) in [5.41, 5.74) is 0. The van der Waals surface area contributed by atoms with Crippen molar-refractivity contribution in [2.24, 2.45) is 0 Å². The maximum atomic E-state index is 10.9. The number of benzene rings is 1. The highest BCUT2D eigenvalue weighted by Gasteiger charge is 2.07. The molecule has 1 rings (SSSR count). The van der Waals surface area contributed by atoms with Crippen LogP contribution >= 0.6 is 0 Å². The summed E-state index contributed by atoms with van der Waals surface area (Å²) in [5, 5.41) is 0. The van der Waals surface area contributed by atoms with Gasteiger partial charge < -0.3 is 18.9 Å². The molecule has 0 aliphatic carbocycles. The average Bonchev–Trinajstić information content (AvgIpc) is 2.35. The van der Waals surface area contributed by atoms with Crippen LogP contribution in [0.3, 0.4) is 0 Å². The Labute approximate surface area is 93.9 Å². The summed E-state index contributed by atoms with van der Waals surface area (Å²) in [6, 6.07) is 5.03. The second kappa shape index (κ2) is 5.85. The first-order valence-electron chi connectivity index (χ1n) is 4.63. The number of hydrogen-bond donors (Lipinski definition) is 0. The van der Waals surface area contributed by atoms with E-state index in [1.807, 2.05) is 0 Å². The predicted octanol–water partition coefficient (Wildman–Crippen LogP) is 1.26. The third-order valence-corrected chi connectivity index (χ3v) is 1.94. The number of esters is 1. The summed E-state index contributed by atoms with van der Waals surface area (Å²) < 4.78 is 19.8. The minimum absolute atomic E-state index is 0.133. The molecule has 0 N–H and O–H groups in total. The molecule has 1 aromatic carbocycles. The third kappa shape index (κ3) is 3.05. The van der Waals surface area contributed by atoms with Crippen LogP contribution < -0.4 is 14.2 Å². The Balaban J connectivity index is 2.71. The molecule has 5 heteroatoms. The van der Waals surface area contributed by atoms with Crippen LogP contribution in [-0.4, -0.2) is 33.9 Å². The SMILES string of the molecule is COC(=O)COc1ccc(OC)c(OC)c1. The van der Waals surface area contributed by atoms with E-state index in [4.69, 9.17) is 14.2 Å². The molecule has 0 amide bonds. The highest BCUT2D eigenvalue weighted by atomic mass is 16.6. The third-order valence-electron chi connectivity index (χ3n) is 1.94. The summed E-state index contributed by atoms with van der Waals surface area (Å²) in [6.45, 7) is -0.133. The van der Waals surface area contributed by atoms with Gasteiger partial charge in [0.05, 0.1) is 21.3 Å². The summed E-state index contributed by atoms with van der Waals surface area (Å²) in [5.74, 6) is 1.23. The minimum atomic E-state index is -0.435. The lowest BCUT2D eigenvalue weighted by Gasteiger charge is -2.10. The number of carbonyl (C=O) groups is 1. The van der Waals surface area contributed by atoms with Crippen LogP contribution in [0.2, 0.25) is 0 Å². The molecule has 0 heterocycles. The lowest BCUT2D eigenvalue weighted by Crippen LogP contribution is -2.12. The van der Waals surface area contributed by atoms with Crippen molar-refractivity contribution < 1.29 is 23.7 Å². The van der Waals surface area contributed by atoms with E-state index in [-0.39, 0.29) is 6.61 Å². The van der Waals surface area contributed by atoms with Crippen LogP contribution in [0.25, 0.3) is 0 Å². The molecular formula is C11H14O5. The Bertz CT molecular complexity index is 361. The van der Waals surface area contributed by atoms with Gasteiger partial charge in [-0.3, -0.25) is 0 Å². The Hall–Kier alpha value is -1.91. The minimum Gasteiger partial charge on any atom is -0.493 e. The Morgan fingerprint density at radius 2 is 1.81 bits per heavy atom. The smallest absolute Gasteiger partial charge is 0.343 e. The van der Waals surface area contributed by atoms with Gasteiger partial charge in [-0.2, -0.15) is 0 Å². The van der Waals surface area contributed by atoms with Crippen LogP contribution in [0.4, 0.5) is 0 Å². The van der Waals surface area contributed by atoms with Crippen molar-refractivity contribution in [2.45, 2.75) is 0 Å². The molecular weight excluding hydrogens is 212 g/mol. The molecule has 0 spiro atoms. The number of hydrogen-bond acceptors (Lipinski definition) is 5. The van der Waals surface area contributed by atoms with Gasteiger partial charge in [-0.1, -0.05) is 0 Å². The maximum Gasteiger partial charge on any atom is 0.343 e. The van der Waals surface area contributed by atoms with Crippen molar-refractivity contribution in [1.29, 1.82) is 0 Å². The molecule has 0 unspecified atom stereocenters. The lowest BCUT2D eigenvalue weighted by atomic mass is 10.3. The Kier molecular flexibility index (Phi) is 4.44. The second-order valence-electron chi connectivity index (χ2n) is 2.88. The molecule has 16 heavy (non-hydrogen) atoms. The number of methoxy groups -OCH3 is 3. The van der Waals surface area contributed by atoms with Gasteiger partial charge in [0.15, 0.2) is 18.1 Å². The number of carbonyl (C=O) groups excluding carboxylic acids is 1. The maximum absolute atomic E-state index is 10.9.